The van der Waals surface area contributed by atoms with E-state index in [1.807, 2.05) is 0 Å². The Morgan fingerprint density at radius 2 is 1.77 bits per heavy atom. The fourth-order valence-electron chi connectivity index (χ4n) is 1.50. The van der Waals surface area contributed by atoms with E-state index in [4.69, 9.17) is 0 Å². The Hall–Kier alpha value is -0.915. The molecule has 0 aliphatic rings. The summed E-state index contributed by atoms with van der Waals surface area (Å²) in [5, 5.41) is 0. The molecule has 70 valence electrons. The van der Waals surface area contributed by atoms with E-state index in [0.29, 0.717) is 0 Å². The zero-order chi connectivity index (χ0) is 9.68. The first-order valence-electron chi connectivity index (χ1n) is 5.09. The van der Waals surface area contributed by atoms with Crippen molar-refractivity contribution in [3.63, 3.8) is 0 Å². The van der Waals surface area contributed by atoms with Crippen molar-refractivity contribution in [1.82, 2.24) is 0 Å². The van der Waals surface area contributed by atoms with Gasteiger partial charge in [-0.15, -0.1) is 0 Å². The molecular weight excluding hydrogens is 157 g/mol. The molecule has 13 heavy (non-hydrogen) atoms. The van der Waals surface area contributed by atoms with Crippen molar-refractivity contribution in [1.29, 1.82) is 0 Å². The van der Waals surface area contributed by atoms with Gasteiger partial charge in [0.2, 0.25) is 0 Å². The van der Waals surface area contributed by atoms with Crippen molar-refractivity contribution in [2.75, 3.05) is 18.0 Å². The summed E-state index contributed by atoms with van der Waals surface area (Å²) in [5.41, 5.74) is 2.67. The predicted octanol–water partition coefficient (Wildman–Crippen LogP) is 1.18. The van der Waals surface area contributed by atoms with E-state index in [2.05, 4.69) is 50.9 Å². The van der Waals surface area contributed by atoms with E-state index in [0.717, 1.165) is 13.1 Å². The van der Waals surface area contributed by atoms with Crippen molar-refractivity contribution < 1.29 is 0 Å². The Balaban J connectivity index is 2.73. The molecule has 1 aromatic carbocycles. The standard InChI is InChI=1S/C11H18BN/c1-3-9-13(4-2)11-7-5-10(12)6-8-11/h5-8H,3-4,9,12H2,1-2H3. The van der Waals surface area contributed by atoms with Gasteiger partial charge in [-0.05, 0) is 25.5 Å². The van der Waals surface area contributed by atoms with E-state index < -0.39 is 0 Å². The molecule has 1 nitrogen and oxygen atoms in total. The molecule has 0 aromatic heterocycles. The monoisotopic (exact) mass is 175 g/mol. The van der Waals surface area contributed by atoms with Gasteiger partial charge in [0.05, 0.1) is 0 Å². The molecule has 0 fully saturated rings. The van der Waals surface area contributed by atoms with Crippen molar-refractivity contribution in [2.24, 2.45) is 0 Å². The molecule has 0 unspecified atom stereocenters. The molecule has 0 bridgehead atoms. The SMILES string of the molecule is Bc1ccc(N(CC)CCC)cc1. The summed E-state index contributed by atoms with van der Waals surface area (Å²) < 4.78 is 0. The first-order valence-corrected chi connectivity index (χ1v) is 5.09. The highest BCUT2D eigenvalue weighted by Crippen LogP contribution is 2.11. The molecule has 0 aliphatic carbocycles. The average Bonchev–Trinajstić information content (AvgIpc) is 2.16. The minimum Gasteiger partial charge on any atom is -0.372 e. The van der Waals surface area contributed by atoms with Crippen LogP contribution in [0.15, 0.2) is 24.3 Å². The number of nitrogens with zero attached hydrogens (tertiary/aromatic N) is 1. The summed E-state index contributed by atoms with van der Waals surface area (Å²) in [7, 11) is 2.12. The second kappa shape index (κ2) is 4.95. The van der Waals surface area contributed by atoms with Crippen LogP contribution in [0.1, 0.15) is 20.3 Å². The molecule has 0 aliphatic heterocycles. The molecular formula is C11H18BN. The predicted molar refractivity (Wildman–Crippen MR) is 62.8 cm³/mol. The molecule has 0 N–H and O–H groups in total. The third-order valence-corrected chi connectivity index (χ3v) is 2.27. The number of rotatable bonds is 4. The highest BCUT2D eigenvalue weighted by Gasteiger charge is 2.00. The van der Waals surface area contributed by atoms with Gasteiger partial charge in [0.25, 0.3) is 0 Å². The molecule has 0 atom stereocenters. The molecule has 0 heterocycles. The van der Waals surface area contributed by atoms with Gasteiger partial charge >= 0.3 is 0 Å². The van der Waals surface area contributed by atoms with Crippen LogP contribution in [-0.2, 0) is 0 Å². The van der Waals surface area contributed by atoms with Gasteiger partial charge < -0.3 is 4.90 Å². The van der Waals surface area contributed by atoms with E-state index in [1.54, 1.807) is 0 Å². The number of benzene rings is 1. The van der Waals surface area contributed by atoms with Crippen LogP contribution in [0, 0.1) is 0 Å². The van der Waals surface area contributed by atoms with Crippen molar-refractivity contribution >= 4 is 19.0 Å². The highest BCUT2D eigenvalue weighted by molar-refractivity contribution is 6.32. The maximum Gasteiger partial charge on any atom is 0.139 e. The lowest BCUT2D eigenvalue weighted by molar-refractivity contribution is 0.792. The van der Waals surface area contributed by atoms with Gasteiger partial charge in [0.15, 0.2) is 0 Å². The van der Waals surface area contributed by atoms with Crippen LogP contribution in [-0.4, -0.2) is 20.9 Å². The van der Waals surface area contributed by atoms with Gasteiger partial charge in [-0.2, -0.15) is 0 Å². The summed E-state index contributed by atoms with van der Waals surface area (Å²) in [5.74, 6) is 0. The van der Waals surface area contributed by atoms with E-state index in [9.17, 15) is 0 Å². The Morgan fingerprint density at radius 1 is 1.15 bits per heavy atom. The van der Waals surface area contributed by atoms with Crippen LogP contribution in [0.2, 0.25) is 0 Å². The minimum absolute atomic E-state index is 1.09. The van der Waals surface area contributed by atoms with Crippen molar-refractivity contribution in [3.8, 4) is 0 Å². The molecule has 2 heteroatoms. The Kier molecular flexibility index (Phi) is 3.87. The normalized spacial score (nSPS) is 10.0. The van der Waals surface area contributed by atoms with Gasteiger partial charge in [0.1, 0.15) is 7.85 Å². The smallest absolute Gasteiger partial charge is 0.139 e. The Bertz CT molecular complexity index is 243. The maximum absolute atomic E-state index is 2.40. The maximum atomic E-state index is 2.40. The topological polar surface area (TPSA) is 3.24 Å². The molecule has 0 saturated carbocycles. The zero-order valence-electron chi connectivity index (χ0n) is 8.88. The lowest BCUT2D eigenvalue weighted by Gasteiger charge is -2.22. The number of anilines is 1. The fourth-order valence-corrected chi connectivity index (χ4v) is 1.50. The number of hydrogen-bond donors (Lipinski definition) is 0. The third-order valence-electron chi connectivity index (χ3n) is 2.27. The largest absolute Gasteiger partial charge is 0.372 e. The van der Waals surface area contributed by atoms with Gasteiger partial charge in [0, 0.05) is 18.8 Å². The summed E-state index contributed by atoms with van der Waals surface area (Å²) in [6, 6.07) is 8.75. The first-order chi connectivity index (χ1) is 6.27. The van der Waals surface area contributed by atoms with Crippen LogP contribution in [0.3, 0.4) is 0 Å². The molecule has 0 radical (unpaired) electrons. The lowest BCUT2D eigenvalue weighted by atomic mass is 9.96. The number of hydrogen-bond acceptors (Lipinski definition) is 1. The third kappa shape index (κ3) is 2.80. The van der Waals surface area contributed by atoms with E-state index in [1.165, 1.54) is 17.6 Å². The Morgan fingerprint density at radius 3 is 2.23 bits per heavy atom. The average molecular weight is 175 g/mol. The van der Waals surface area contributed by atoms with Gasteiger partial charge in [-0.25, -0.2) is 0 Å². The summed E-state index contributed by atoms with van der Waals surface area (Å²) >= 11 is 0. The second-order valence-corrected chi connectivity index (χ2v) is 3.42. The summed E-state index contributed by atoms with van der Waals surface area (Å²) in [6.07, 6.45) is 1.21. The molecule has 0 saturated heterocycles. The van der Waals surface area contributed by atoms with Crippen LogP contribution in [0.5, 0.6) is 0 Å². The Labute approximate surface area is 82.2 Å². The molecule has 0 amide bonds. The molecule has 1 aromatic rings. The zero-order valence-corrected chi connectivity index (χ0v) is 8.88. The van der Waals surface area contributed by atoms with E-state index in [-0.39, 0.29) is 0 Å². The first kappa shape index (κ1) is 10.2. The van der Waals surface area contributed by atoms with Crippen LogP contribution < -0.4 is 10.4 Å². The van der Waals surface area contributed by atoms with E-state index >= 15 is 0 Å². The quantitative estimate of drug-likeness (QED) is 0.621. The molecule has 1 rings (SSSR count). The van der Waals surface area contributed by atoms with Gasteiger partial charge in [-0.3, -0.25) is 0 Å². The van der Waals surface area contributed by atoms with Crippen LogP contribution >= 0.6 is 0 Å². The second-order valence-electron chi connectivity index (χ2n) is 3.42. The van der Waals surface area contributed by atoms with Gasteiger partial charge in [-0.1, -0.05) is 24.5 Å². The van der Waals surface area contributed by atoms with Crippen molar-refractivity contribution in [3.05, 3.63) is 24.3 Å². The van der Waals surface area contributed by atoms with Crippen LogP contribution in [0.25, 0.3) is 0 Å². The minimum atomic E-state index is 1.09. The molecule has 0 spiro atoms. The summed E-state index contributed by atoms with van der Waals surface area (Å²) in [4.78, 5) is 2.40. The summed E-state index contributed by atoms with van der Waals surface area (Å²) in [6.45, 7) is 6.67. The fraction of sp³-hybridized carbons (Fsp3) is 0.455. The lowest BCUT2D eigenvalue weighted by Crippen LogP contribution is -2.23. The van der Waals surface area contributed by atoms with Crippen LogP contribution in [0.4, 0.5) is 5.69 Å². The highest BCUT2D eigenvalue weighted by atomic mass is 15.1. The van der Waals surface area contributed by atoms with Crippen molar-refractivity contribution in [2.45, 2.75) is 20.3 Å².